The highest BCUT2D eigenvalue weighted by Crippen LogP contribution is 2.25. The molecular weight excluding hydrogens is 363 g/mol. The van der Waals surface area contributed by atoms with Crippen molar-refractivity contribution < 1.29 is 9.59 Å². The molecule has 2 N–H and O–H groups in total. The van der Waals surface area contributed by atoms with Crippen LogP contribution in [0.1, 0.15) is 19.8 Å². The van der Waals surface area contributed by atoms with Crippen molar-refractivity contribution >= 4 is 40.8 Å². The minimum absolute atomic E-state index is 0.0798. The lowest BCUT2D eigenvalue weighted by molar-refractivity contribution is -0.126. The van der Waals surface area contributed by atoms with Gasteiger partial charge in [-0.2, -0.15) is 0 Å². The van der Waals surface area contributed by atoms with Gasteiger partial charge in [0.25, 0.3) is 0 Å². The number of carbonyl (C=O) groups excluding carboxylic acids is 2. The van der Waals surface area contributed by atoms with E-state index < -0.39 is 0 Å². The van der Waals surface area contributed by atoms with Crippen LogP contribution in [0.2, 0.25) is 10.0 Å². The number of carbonyl (C=O) groups is 2. The van der Waals surface area contributed by atoms with E-state index in [1.165, 1.54) is 0 Å². The first-order valence-corrected chi connectivity index (χ1v) is 9.25. The van der Waals surface area contributed by atoms with Crippen LogP contribution in [0.3, 0.4) is 0 Å². The lowest BCUT2D eigenvalue weighted by Crippen LogP contribution is -2.55. The molecule has 1 saturated carbocycles. The smallest absolute Gasteiger partial charge is 0.321 e. The summed E-state index contributed by atoms with van der Waals surface area (Å²) in [5.41, 5.74) is 0.610. The van der Waals surface area contributed by atoms with Gasteiger partial charge in [-0.25, -0.2) is 4.79 Å². The summed E-state index contributed by atoms with van der Waals surface area (Å²) < 4.78 is 0. The fourth-order valence-electron chi connectivity index (χ4n) is 2.80. The molecule has 2 fully saturated rings. The van der Waals surface area contributed by atoms with Crippen LogP contribution in [0.15, 0.2) is 18.2 Å². The Morgan fingerprint density at radius 1 is 1.12 bits per heavy atom. The van der Waals surface area contributed by atoms with Crippen molar-refractivity contribution in [2.45, 2.75) is 31.8 Å². The SMILES string of the molecule is C[C@@H](C(=O)NC1CC1)N1CCN(C(=O)Nc2ccc(Cl)c(Cl)c2)CC1. The van der Waals surface area contributed by atoms with Crippen LogP contribution in [-0.4, -0.2) is 60.0 Å². The summed E-state index contributed by atoms with van der Waals surface area (Å²) in [6, 6.07) is 5.02. The molecule has 0 spiro atoms. The van der Waals surface area contributed by atoms with Gasteiger partial charge >= 0.3 is 6.03 Å². The Morgan fingerprint density at radius 2 is 1.80 bits per heavy atom. The number of anilines is 1. The van der Waals surface area contributed by atoms with E-state index in [2.05, 4.69) is 15.5 Å². The molecule has 1 aliphatic heterocycles. The Kier molecular flexibility index (Phi) is 5.71. The molecule has 1 aromatic carbocycles. The molecule has 136 valence electrons. The molecule has 0 unspecified atom stereocenters. The molecule has 1 aliphatic carbocycles. The molecule has 1 heterocycles. The maximum absolute atomic E-state index is 12.4. The van der Waals surface area contributed by atoms with Crippen molar-refractivity contribution in [1.29, 1.82) is 0 Å². The number of amides is 3. The predicted octanol–water partition coefficient (Wildman–Crippen LogP) is 2.81. The average Bonchev–Trinajstić information content (AvgIpc) is 3.41. The molecule has 0 radical (unpaired) electrons. The summed E-state index contributed by atoms with van der Waals surface area (Å²) in [5.74, 6) is 0.0798. The zero-order chi connectivity index (χ0) is 18.0. The summed E-state index contributed by atoms with van der Waals surface area (Å²) in [6.07, 6.45) is 2.17. The number of nitrogens with one attached hydrogen (secondary N) is 2. The molecule has 1 atom stereocenters. The summed E-state index contributed by atoms with van der Waals surface area (Å²) in [7, 11) is 0. The van der Waals surface area contributed by atoms with E-state index in [4.69, 9.17) is 23.2 Å². The Morgan fingerprint density at radius 3 is 2.40 bits per heavy atom. The molecule has 3 rings (SSSR count). The van der Waals surface area contributed by atoms with Gasteiger partial charge in [-0.1, -0.05) is 23.2 Å². The standard InChI is InChI=1S/C17H22Cl2N4O2/c1-11(16(24)20-12-2-3-12)22-6-8-23(9-7-22)17(25)21-13-4-5-14(18)15(19)10-13/h4-5,10-12H,2-3,6-9H2,1H3,(H,20,24)(H,21,25)/t11-/m0/s1. The van der Waals surface area contributed by atoms with Crippen molar-refractivity contribution in [3.05, 3.63) is 28.2 Å². The first kappa shape index (κ1) is 18.3. The third kappa shape index (κ3) is 4.77. The van der Waals surface area contributed by atoms with Crippen molar-refractivity contribution in [2.24, 2.45) is 0 Å². The van der Waals surface area contributed by atoms with E-state index in [-0.39, 0.29) is 18.0 Å². The van der Waals surface area contributed by atoms with Gasteiger partial charge in [0.1, 0.15) is 0 Å². The normalized spacial score (nSPS) is 19.4. The van der Waals surface area contributed by atoms with Gasteiger partial charge in [0.05, 0.1) is 16.1 Å². The molecule has 1 aromatic rings. The van der Waals surface area contributed by atoms with E-state index in [9.17, 15) is 9.59 Å². The molecule has 25 heavy (non-hydrogen) atoms. The second-order valence-electron chi connectivity index (χ2n) is 6.54. The highest BCUT2D eigenvalue weighted by Gasteiger charge is 2.30. The van der Waals surface area contributed by atoms with Gasteiger partial charge in [-0.15, -0.1) is 0 Å². The number of benzene rings is 1. The largest absolute Gasteiger partial charge is 0.352 e. The average molecular weight is 385 g/mol. The van der Waals surface area contributed by atoms with Gasteiger partial charge in [-0.05, 0) is 38.0 Å². The minimum Gasteiger partial charge on any atom is -0.352 e. The Labute approximate surface area is 157 Å². The Bertz CT molecular complexity index is 658. The Hall–Kier alpha value is -1.50. The lowest BCUT2D eigenvalue weighted by atomic mass is 10.2. The number of piperazine rings is 1. The van der Waals surface area contributed by atoms with Gasteiger partial charge in [0.2, 0.25) is 5.91 Å². The molecular formula is C17H22Cl2N4O2. The topological polar surface area (TPSA) is 64.7 Å². The van der Waals surface area contributed by atoms with Crippen LogP contribution in [0.25, 0.3) is 0 Å². The minimum atomic E-state index is -0.173. The molecule has 0 aromatic heterocycles. The second kappa shape index (κ2) is 7.81. The van der Waals surface area contributed by atoms with E-state index in [1.54, 1.807) is 23.1 Å². The first-order valence-electron chi connectivity index (χ1n) is 8.49. The van der Waals surface area contributed by atoms with Gasteiger partial charge in [-0.3, -0.25) is 9.69 Å². The van der Waals surface area contributed by atoms with E-state index >= 15 is 0 Å². The first-order chi connectivity index (χ1) is 11.9. The number of urea groups is 1. The zero-order valence-electron chi connectivity index (χ0n) is 14.1. The van der Waals surface area contributed by atoms with Crippen LogP contribution in [0.5, 0.6) is 0 Å². The number of hydrogen-bond donors (Lipinski definition) is 2. The molecule has 6 nitrogen and oxygen atoms in total. The lowest BCUT2D eigenvalue weighted by Gasteiger charge is -2.37. The third-order valence-electron chi connectivity index (χ3n) is 4.62. The predicted molar refractivity (Wildman–Crippen MR) is 99.3 cm³/mol. The highest BCUT2D eigenvalue weighted by molar-refractivity contribution is 6.42. The van der Waals surface area contributed by atoms with Crippen LogP contribution in [0.4, 0.5) is 10.5 Å². The summed E-state index contributed by atoms with van der Waals surface area (Å²) in [5, 5.41) is 6.71. The monoisotopic (exact) mass is 384 g/mol. The molecule has 1 saturated heterocycles. The van der Waals surface area contributed by atoms with Gasteiger partial charge < -0.3 is 15.5 Å². The van der Waals surface area contributed by atoms with Crippen LogP contribution < -0.4 is 10.6 Å². The highest BCUT2D eigenvalue weighted by atomic mass is 35.5. The number of rotatable bonds is 4. The van der Waals surface area contributed by atoms with Crippen molar-refractivity contribution in [3.8, 4) is 0 Å². The van der Waals surface area contributed by atoms with Crippen molar-refractivity contribution in [3.63, 3.8) is 0 Å². The molecule has 2 aliphatic rings. The molecule has 0 bridgehead atoms. The van der Waals surface area contributed by atoms with Crippen LogP contribution in [-0.2, 0) is 4.79 Å². The number of hydrogen-bond acceptors (Lipinski definition) is 3. The summed E-state index contributed by atoms with van der Waals surface area (Å²) in [4.78, 5) is 28.4. The zero-order valence-corrected chi connectivity index (χ0v) is 15.6. The quantitative estimate of drug-likeness (QED) is 0.838. The van der Waals surface area contributed by atoms with Gasteiger partial charge in [0, 0.05) is 37.9 Å². The maximum Gasteiger partial charge on any atom is 0.321 e. The Balaban J connectivity index is 1.48. The number of nitrogens with zero attached hydrogens (tertiary/aromatic N) is 2. The van der Waals surface area contributed by atoms with Crippen molar-refractivity contribution in [1.82, 2.24) is 15.1 Å². The van der Waals surface area contributed by atoms with E-state index in [1.807, 2.05) is 6.92 Å². The fourth-order valence-corrected chi connectivity index (χ4v) is 3.10. The number of halogens is 2. The van der Waals surface area contributed by atoms with Crippen LogP contribution >= 0.6 is 23.2 Å². The van der Waals surface area contributed by atoms with Gasteiger partial charge in [0.15, 0.2) is 0 Å². The fraction of sp³-hybridized carbons (Fsp3) is 0.529. The van der Waals surface area contributed by atoms with E-state index in [0.717, 1.165) is 12.8 Å². The second-order valence-corrected chi connectivity index (χ2v) is 7.36. The summed E-state index contributed by atoms with van der Waals surface area (Å²) in [6.45, 7) is 4.42. The molecule has 3 amide bonds. The van der Waals surface area contributed by atoms with Crippen LogP contribution in [0, 0.1) is 0 Å². The van der Waals surface area contributed by atoms with E-state index in [0.29, 0.717) is 48.0 Å². The summed E-state index contributed by atoms with van der Waals surface area (Å²) >= 11 is 11.8. The van der Waals surface area contributed by atoms with Crippen molar-refractivity contribution in [2.75, 3.05) is 31.5 Å². The maximum atomic E-state index is 12.4. The molecule has 8 heteroatoms. The third-order valence-corrected chi connectivity index (χ3v) is 5.36.